The number of hydrogen-bond acceptors (Lipinski definition) is 5. The van der Waals surface area contributed by atoms with Gasteiger partial charge in [-0.25, -0.2) is 4.68 Å². The minimum Gasteiger partial charge on any atom is -0.398 e. The van der Waals surface area contributed by atoms with Crippen molar-refractivity contribution in [2.75, 3.05) is 0 Å². The molecule has 0 unspecified atom stereocenters. The highest BCUT2D eigenvalue weighted by atomic mass is 16.7. The van der Waals surface area contributed by atoms with E-state index in [0.717, 1.165) is 11.4 Å². The Kier molecular flexibility index (Phi) is 3.14. The summed E-state index contributed by atoms with van der Waals surface area (Å²) in [6.45, 7) is 10.0. The van der Waals surface area contributed by atoms with E-state index in [1.807, 2.05) is 52.9 Å². The molecule has 3 heterocycles. The lowest BCUT2D eigenvalue weighted by molar-refractivity contribution is 0.00578. The molecule has 0 bridgehead atoms. The van der Waals surface area contributed by atoms with Gasteiger partial charge in [-0.2, -0.15) is 0 Å². The van der Waals surface area contributed by atoms with Gasteiger partial charge in [-0.1, -0.05) is 5.21 Å². The summed E-state index contributed by atoms with van der Waals surface area (Å²) in [5.41, 5.74) is 1.72. The van der Waals surface area contributed by atoms with Crippen LogP contribution in [0.5, 0.6) is 0 Å². The molecule has 1 fully saturated rings. The van der Waals surface area contributed by atoms with Crippen LogP contribution in [0, 0.1) is 6.92 Å². The van der Waals surface area contributed by atoms with Crippen molar-refractivity contribution in [1.29, 1.82) is 0 Å². The highest BCUT2D eigenvalue weighted by molar-refractivity contribution is 6.61. The largest absolute Gasteiger partial charge is 0.518 e. The summed E-state index contributed by atoms with van der Waals surface area (Å²) in [5.74, 6) is 0. The van der Waals surface area contributed by atoms with Gasteiger partial charge in [0, 0.05) is 5.69 Å². The summed E-state index contributed by atoms with van der Waals surface area (Å²) in [6, 6.07) is 3.89. The number of hydrogen-bond donors (Lipinski definition) is 0. The molecule has 0 radical (unpaired) electrons. The quantitative estimate of drug-likeness (QED) is 0.778. The molecule has 2 aromatic heterocycles. The van der Waals surface area contributed by atoms with E-state index >= 15 is 0 Å². The number of nitrogens with zero attached hydrogens (tertiary/aromatic N) is 4. The first-order valence-corrected chi connectivity index (χ1v) is 6.99. The van der Waals surface area contributed by atoms with Crippen LogP contribution in [-0.4, -0.2) is 38.3 Å². The lowest BCUT2D eigenvalue weighted by atomic mass is 9.86. The van der Waals surface area contributed by atoms with E-state index < -0.39 is 7.12 Å². The van der Waals surface area contributed by atoms with Crippen LogP contribution in [0.1, 0.15) is 33.4 Å². The van der Waals surface area contributed by atoms with Crippen molar-refractivity contribution in [1.82, 2.24) is 20.0 Å². The third kappa shape index (κ3) is 2.47. The lowest BCUT2D eigenvalue weighted by Gasteiger charge is -2.32. The fourth-order valence-electron chi connectivity index (χ4n) is 2.07. The van der Waals surface area contributed by atoms with Crippen LogP contribution in [0.15, 0.2) is 24.5 Å². The van der Waals surface area contributed by atoms with Crippen molar-refractivity contribution >= 4 is 12.7 Å². The second-order valence-corrected chi connectivity index (χ2v) is 6.33. The van der Waals surface area contributed by atoms with Crippen molar-refractivity contribution in [3.63, 3.8) is 0 Å². The Bertz CT molecular complexity index is 635. The van der Waals surface area contributed by atoms with E-state index in [-0.39, 0.29) is 11.2 Å². The third-order valence-corrected chi connectivity index (χ3v) is 4.17. The molecule has 21 heavy (non-hydrogen) atoms. The molecule has 1 aliphatic rings. The molecule has 1 aliphatic heterocycles. The maximum Gasteiger partial charge on any atom is 0.518 e. The van der Waals surface area contributed by atoms with Crippen LogP contribution in [0.2, 0.25) is 0 Å². The summed E-state index contributed by atoms with van der Waals surface area (Å²) in [7, 11) is -0.498. The minimum absolute atomic E-state index is 0.382. The van der Waals surface area contributed by atoms with Gasteiger partial charge in [0.05, 0.1) is 29.3 Å². The average molecular weight is 286 g/mol. The van der Waals surface area contributed by atoms with E-state index in [4.69, 9.17) is 9.31 Å². The SMILES string of the molecule is Cc1ccc(-n2cc(B3OC(C)(C)C(C)(C)O3)nn2)cn1. The van der Waals surface area contributed by atoms with Crippen molar-refractivity contribution in [3.8, 4) is 5.69 Å². The molecule has 0 N–H and O–H groups in total. The predicted octanol–water partition coefficient (Wildman–Crippen LogP) is 1.27. The molecule has 0 amide bonds. The van der Waals surface area contributed by atoms with E-state index in [2.05, 4.69) is 15.3 Å². The van der Waals surface area contributed by atoms with Crippen molar-refractivity contribution in [2.45, 2.75) is 45.8 Å². The standard InChI is InChI=1S/C14H19BN4O2/c1-10-6-7-11(8-16-10)19-9-12(17-18-19)15-20-13(2,3)14(4,5)21-15/h6-9H,1-5H3. The fourth-order valence-corrected chi connectivity index (χ4v) is 2.07. The predicted molar refractivity (Wildman–Crippen MR) is 79.6 cm³/mol. The first-order chi connectivity index (χ1) is 9.78. The zero-order chi connectivity index (χ0) is 15.3. The number of pyridine rings is 1. The van der Waals surface area contributed by atoms with Crippen molar-refractivity contribution in [3.05, 3.63) is 30.2 Å². The Morgan fingerprint density at radius 2 is 1.76 bits per heavy atom. The van der Waals surface area contributed by atoms with Gasteiger partial charge in [0.15, 0.2) is 0 Å². The van der Waals surface area contributed by atoms with Crippen LogP contribution in [-0.2, 0) is 9.31 Å². The first kappa shape index (κ1) is 14.2. The zero-order valence-corrected chi connectivity index (χ0v) is 13.0. The average Bonchev–Trinajstić information content (AvgIpc) is 2.94. The molecule has 7 heteroatoms. The lowest BCUT2D eigenvalue weighted by Crippen LogP contribution is -2.41. The molecule has 2 aromatic rings. The van der Waals surface area contributed by atoms with Crippen LogP contribution >= 0.6 is 0 Å². The maximum atomic E-state index is 5.96. The smallest absolute Gasteiger partial charge is 0.398 e. The van der Waals surface area contributed by atoms with Gasteiger partial charge in [-0.15, -0.1) is 5.10 Å². The van der Waals surface area contributed by atoms with Gasteiger partial charge in [0.1, 0.15) is 5.59 Å². The Hall–Kier alpha value is -1.73. The Labute approximate surface area is 124 Å². The monoisotopic (exact) mass is 286 g/mol. The molecule has 0 aliphatic carbocycles. The molecule has 0 saturated carbocycles. The van der Waals surface area contributed by atoms with Gasteiger partial charge in [-0.3, -0.25) is 4.98 Å². The second kappa shape index (κ2) is 4.64. The molecule has 6 nitrogen and oxygen atoms in total. The third-order valence-electron chi connectivity index (χ3n) is 4.17. The summed E-state index contributed by atoms with van der Waals surface area (Å²) in [6.07, 6.45) is 3.58. The highest BCUT2D eigenvalue weighted by Gasteiger charge is 2.52. The zero-order valence-electron chi connectivity index (χ0n) is 13.0. The van der Waals surface area contributed by atoms with Crippen molar-refractivity contribution in [2.24, 2.45) is 0 Å². The van der Waals surface area contributed by atoms with E-state index in [1.54, 1.807) is 10.9 Å². The van der Waals surface area contributed by atoms with Crippen molar-refractivity contribution < 1.29 is 9.31 Å². The summed E-state index contributed by atoms with van der Waals surface area (Å²) in [4.78, 5) is 4.26. The number of aromatic nitrogens is 4. The van der Waals surface area contributed by atoms with Crippen LogP contribution < -0.4 is 5.59 Å². The Balaban J connectivity index is 1.85. The summed E-state index contributed by atoms with van der Waals surface area (Å²) in [5, 5.41) is 8.29. The van der Waals surface area contributed by atoms with Gasteiger partial charge in [0.25, 0.3) is 0 Å². The molecule has 0 spiro atoms. The second-order valence-electron chi connectivity index (χ2n) is 6.33. The van der Waals surface area contributed by atoms with E-state index in [0.29, 0.717) is 5.59 Å². The van der Waals surface area contributed by atoms with E-state index in [1.165, 1.54) is 0 Å². The molecule has 1 saturated heterocycles. The number of aryl methyl sites for hydroxylation is 1. The molecule has 3 rings (SSSR count). The topological polar surface area (TPSA) is 62.1 Å². The van der Waals surface area contributed by atoms with Gasteiger partial charge >= 0.3 is 7.12 Å². The number of rotatable bonds is 2. The first-order valence-electron chi connectivity index (χ1n) is 6.99. The Morgan fingerprint density at radius 1 is 1.10 bits per heavy atom. The van der Waals surface area contributed by atoms with E-state index in [9.17, 15) is 0 Å². The van der Waals surface area contributed by atoms with Gasteiger partial charge < -0.3 is 9.31 Å². The molecule has 0 aromatic carbocycles. The molecule has 0 atom stereocenters. The molecular formula is C14H19BN4O2. The summed E-state index contributed by atoms with van der Waals surface area (Å²) >= 11 is 0. The minimum atomic E-state index is -0.498. The Morgan fingerprint density at radius 3 is 2.33 bits per heavy atom. The molecule has 110 valence electrons. The highest BCUT2D eigenvalue weighted by Crippen LogP contribution is 2.36. The normalized spacial score (nSPS) is 20.0. The van der Waals surface area contributed by atoms with Gasteiger partial charge in [-0.05, 0) is 46.8 Å². The molecular weight excluding hydrogens is 267 g/mol. The van der Waals surface area contributed by atoms with Crippen LogP contribution in [0.25, 0.3) is 5.69 Å². The fraction of sp³-hybridized carbons (Fsp3) is 0.500. The summed E-state index contributed by atoms with van der Waals surface area (Å²) < 4.78 is 13.6. The van der Waals surface area contributed by atoms with Gasteiger partial charge in [0.2, 0.25) is 0 Å². The van der Waals surface area contributed by atoms with Crippen LogP contribution in [0.4, 0.5) is 0 Å². The van der Waals surface area contributed by atoms with Crippen LogP contribution in [0.3, 0.4) is 0 Å². The maximum absolute atomic E-state index is 5.96.